The van der Waals surface area contributed by atoms with Gasteiger partial charge in [0.05, 0.1) is 22.0 Å². The van der Waals surface area contributed by atoms with Gasteiger partial charge in [-0.05, 0) is 45.0 Å². The van der Waals surface area contributed by atoms with Crippen LogP contribution >= 0.6 is 46.4 Å². The Bertz CT molecular complexity index is 1150. The summed E-state index contributed by atoms with van der Waals surface area (Å²) in [6, 6.07) is 8.20. The minimum Gasteiger partial charge on any atom is -0.352 e. The molecule has 2 amide bonds. The molecule has 7 nitrogen and oxygen atoms in total. The Labute approximate surface area is 220 Å². The number of halogens is 4. The van der Waals surface area contributed by atoms with Crippen LogP contribution in [0.25, 0.3) is 0 Å². The Kier molecular flexibility index (Phi) is 9.91. The zero-order valence-electron chi connectivity index (χ0n) is 19.0. The monoisotopic (exact) mass is 567 g/mol. The molecule has 2 aromatic rings. The van der Waals surface area contributed by atoms with E-state index in [1.807, 2.05) is 0 Å². The van der Waals surface area contributed by atoms with Crippen LogP contribution in [0.4, 0.5) is 5.69 Å². The van der Waals surface area contributed by atoms with E-state index in [-0.39, 0.29) is 28.3 Å². The Morgan fingerprint density at radius 1 is 0.941 bits per heavy atom. The van der Waals surface area contributed by atoms with Crippen molar-refractivity contribution in [3.05, 3.63) is 62.1 Å². The molecule has 1 N–H and O–H groups in total. The first-order chi connectivity index (χ1) is 15.7. The number of rotatable bonds is 9. The summed E-state index contributed by atoms with van der Waals surface area (Å²) in [4.78, 5) is 27.5. The fraction of sp³-hybridized carbons (Fsp3) is 0.364. The smallest absolute Gasteiger partial charge is 0.244 e. The third-order valence-corrected chi connectivity index (χ3v) is 7.51. The quantitative estimate of drug-likeness (QED) is 0.461. The molecule has 2 rings (SSSR count). The third kappa shape index (κ3) is 7.15. The first kappa shape index (κ1) is 28.5. The Hall–Kier alpha value is -1.71. The molecule has 2 aromatic carbocycles. The molecule has 0 bridgehead atoms. The number of amides is 2. The van der Waals surface area contributed by atoms with E-state index in [0.717, 1.165) is 10.6 Å². The van der Waals surface area contributed by atoms with Crippen molar-refractivity contribution in [1.82, 2.24) is 10.2 Å². The molecule has 12 heteroatoms. The largest absolute Gasteiger partial charge is 0.352 e. The number of carbonyl (C=O) groups is 2. The van der Waals surface area contributed by atoms with Gasteiger partial charge in [-0.1, -0.05) is 58.5 Å². The third-order valence-electron chi connectivity index (χ3n) is 4.87. The highest BCUT2D eigenvalue weighted by Gasteiger charge is 2.32. The van der Waals surface area contributed by atoms with Gasteiger partial charge in [0.15, 0.2) is 0 Å². The minimum absolute atomic E-state index is 0.0197. The maximum absolute atomic E-state index is 13.5. The molecule has 0 saturated heterocycles. The average Bonchev–Trinajstić information content (AvgIpc) is 2.72. The molecule has 0 aliphatic rings. The van der Waals surface area contributed by atoms with Gasteiger partial charge in [-0.3, -0.25) is 13.9 Å². The molecular formula is C22H25Cl4N3O4S. The van der Waals surface area contributed by atoms with Gasteiger partial charge in [-0.25, -0.2) is 8.42 Å². The van der Waals surface area contributed by atoms with E-state index >= 15 is 0 Å². The lowest BCUT2D eigenvalue weighted by Gasteiger charge is -2.32. The Morgan fingerprint density at radius 3 is 2.00 bits per heavy atom. The van der Waals surface area contributed by atoms with Gasteiger partial charge < -0.3 is 10.2 Å². The second-order valence-corrected chi connectivity index (χ2v) is 11.4. The second kappa shape index (κ2) is 11.8. The van der Waals surface area contributed by atoms with Gasteiger partial charge in [0.1, 0.15) is 12.6 Å². The van der Waals surface area contributed by atoms with E-state index in [1.165, 1.54) is 30.0 Å². The predicted molar refractivity (Wildman–Crippen MR) is 138 cm³/mol. The zero-order valence-corrected chi connectivity index (χ0v) is 22.8. The van der Waals surface area contributed by atoms with Gasteiger partial charge in [-0.15, -0.1) is 0 Å². The SMILES string of the molecule is CC(C)NC(=O)[C@@H](C)N(Cc1c(Cl)cccc1Cl)C(=O)CN(c1cccc(Cl)c1Cl)S(C)(=O)=O. The van der Waals surface area contributed by atoms with Crippen LogP contribution in [-0.2, 0) is 26.2 Å². The highest BCUT2D eigenvalue weighted by Crippen LogP contribution is 2.34. The van der Waals surface area contributed by atoms with Crippen molar-refractivity contribution < 1.29 is 18.0 Å². The van der Waals surface area contributed by atoms with E-state index in [9.17, 15) is 18.0 Å². The second-order valence-electron chi connectivity index (χ2n) is 7.90. The molecule has 0 unspecified atom stereocenters. The lowest BCUT2D eigenvalue weighted by molar-refractivity contribution is -0.139. The van der Waals surface area contributed by atoms with Crippen LogP contribution in [-0.4, -0.2) is 50.0 Å². The van der Waals surface area contributed by atoms with Crippen LogP contribution in [0.1, 0.15) is 26.3 Å². The van der Waals surface area contributed by atoms with Gasteiger partial charge in [0.2, 0.25) is 21.8 Å². The molecule has 0 saturated carbocycles. The molecule has 1 atom stereocenters. The molecule has 0 heterocycles. The summed E-state index contributed by atoms with van der Waals surface area (Å²) in [6.45, 7) is 4.37. The summed E-state index contributed by atoms with van der Waals surface area (Å²) in [5.74, 6) is -1.08. The number of nitrogens with zero attached hydrogens (tertiary/aromatic N) is 2. The summed E-state index contributed by atoms with van der Waals surface area (Å²) < 4.78 is 26.0. The van der Waals surface area contributed by atoms with Crippen LogP contribution in [0.2, 0.25) is 20.1 Å². The van der Waals surface area contributed by atoms with Crippen LogP contribution < -0.4 is 9.62 Å². The lowest BCUT2D eigenvalue weighted by atomic mass is 10.1. The van der Waals surface area contributed by atoms with Crippen LogP contribution in [0, 0.1) is 0 Å². The fourth-order valence-corrected chi connectivity index (χ4v) is 4.94. The van der Waals surface area contributed by atoms with E-state index in [0.29, 0.717) is 15.6 Å². The highest BCUT2D eigenvalue weighted by molar-refractivity contribution is 7.92. The van der Waals surface area contributed by atoms with E-state index in [2.05, 4.69) is 5.32 Å². The number of hydrogen-bond acceptors (Lipinski definition) is 4. The lowest BCUT2D eigenvalue weighted by Crippen LogP contribution is -2.52. The van der Waals surface area contributed by atoms with E-state index in [4.69, 9.17) is 46.4 Å². The van der Waals surface area contributed by atoms with Crippen molar-refractivity contribution in [3.8, 4) is 0 Å². The molecule has 0 fully saturated rings. The van der Waals surface area contributed by atoms with Gasteiger partial charge in [0.25, 0.3) is 0 Å². The topological polar surface area (TPSA) is 86.8 Å². The summed E-state index contributed by atoms with van der Waals surface area (Å²) in [5.41, 5.74) is 0.468. The highest BCUT2D eigenvalue weighted by atomic mass is 35.5. The molecule has 0 aliphatic carbocycles. The van der Waals surface area contributed by atoms with Crippen molar-refractivity contribution >= 4 is 73.9 Å². The summed E-state index contributed by atoms with van der Waals surface area (Å²) in [6.07, 6.45) is 0.946. The molecule has 0 radical (unpaired) electrons. The summed E-state index contributed by atoms with van der Waals surface area (Å²) >= 11 is 24.9. The van der Waals surface area contributed by atoms with Crippen molar-refractivity contribution in [1.29, 1.82) is 0 Å². The van der Waals surface area contributed by atoms with Crippen LogP contribution in [0.3, 0.4) is 0 Å². The number of benzene rings is 2. The van der Waals surface area contributed by atoms with Crippen molar-refractivity contribution in [2.75, 3.05) is 17.1 Å². The van der Waals surface area contributed by atoms with Crippen molar-refractivity contribution in [2.45, 2.75) is 39.4 Å². The molecule has 34 heavy (non-hydrogen) atoms. The number of hydrogen-bond donors (Lipinski definition) is 1. The molecule has 186 valence electrons. The van der Waals surface area contributed by atoms with E-state index < -0.39 is 34.4 Å². The summed E-state index contributed by atoms with van der Waals surface area (Å²) in [7, 11) is -3.95. The Balaban J connectivity index is 2.50. The van der Waals surface area contributed by atoms with Gasteiger partial charge in [-0.2, -0.15) is 0 Å². The molecular weight excluding hydrogens is 544 g/mol. The standard InChI is InChI=1S/C22H25Cl4N3O4S/c1-13(2)27-22(31)14(3)28(11-15-16(23)7-5-8-17(15)24)20(30)12-29(34(4,32)33)19-10-6-9-18(25)21(19)26/h5-10,13-14H,11-12H2,1-4H3,(H,27,31)/t14-/m1/s1. The number of anilines is 1. The predicted octanol–water partition coefficient (Wildman–Crippen LogP) is 5.01. The van der Waals surface area contributed by atoms with Gasteiger partial charge >= 0.3 is 0 Å². The number of carbonyl (C=O) groups excluding carboxylic acids is 2. The zero-order chi connectivity index (χ0) is 25.8. The number of nitrogens with one attached hydrogen (secondary N) is 1. The minimum atomic E-state index is -3.95. The normalized spacial score (nSPS) is 12.4. The van der Waals surface area contributed by atoms with E-state index in [1.54, 1.807) is 32.0 Å². The first-order valence-electron chi connectivity index (χ1n) is 10.2. The fourth-order valence-electron chi connectivity index (χ4n) is 3.12. The van der Waals surface area contributed by atoms with Crippen LogP contribution in [0.15, 0.2) is 36.4 Å². The molecule has 0 aliphatic heterocycles. The van der Waals surface area contributed by atoms with Crippen molar-refractivity contribution in [2.24, 2.45) is 0 Å². The molecule has 0 spiro atoms. The maximum Gasteiger partial charge on any atom is 0.244 e. The maximum atomic E-state index is 13.5. The average molecular weight is 569 g/mol. The first-order valence-corrected chi connectivity index (χ1v) is 13.5. The van der Waals surface area contributed by atoms with Gasteiger partial charge in [0, 0.05) is 28.2 Å². The molecule has 0 aromatic heterocycles. The Morgan fingerprint density at radius 2 is 1.47 bits per heavy atom. The number of sulfonamides is 1. The summed E-state index contributed by atoms with van der Waals surface area (Å²) in [5, 5.41) is 3.48. The van der Waals surface area contributed by atoms with Crippen LogP contribution in [0.5, 0.6) is 0 Å². The van der Waals surface area contributed by atoms with Crippen molar-refractivity contribution in [3.63, 3.8) is 0 Å².